The molecule has 0 saturated heterocycles. The van der Waals surface area contributed by atoms with Crippen LogP contribution in [0.15, 0.2) is 60.6 Å². The Balaban J connectivity index is 2.06. The molecule has 0 radical (unpaired) electrons. The third kappa shape index (κ3) is 4.50. The zero-order chi connectivity index (χ0) is 22.5. The minimum atomic E-state index is -0.545. The van der Waals surface area contributed by atoms with Gasteiger partial charge in [-0.1, -0.05) is 44.2 Å². The molecule has 5 heteroatoms. The maximum atomic E-state index is 13.4. The van der Waals surface area contributed by atoms with Gasteiger partial charge in [-0.3, -0.25) is 9.79 Å². The highest BCUT2D eigenvalue weighted by molar-refractivity contribution is 6.05. The molecule has 1 amide bonds. The molecule has 2 aromatic rings. The molecule has 0 spiro atoms. The molecule has 3 rings (SSSR count). The zero-order valence-corrected chi connectivity index (χ0v) is 18.2. The highest BCUT2D eigenvalue weighted by atomic mass is 16.5. The predicted octanol–water partition coefficient (Wildman–Crippen LogP) is 5.83. The summed E-state index contributed by atoms with van der Waals surface area (Å²) in [5.74, 6) is -0.227. The Kier molecular flexibility index (Phi) is 6.85. The van der Waals surface area contributed by atoms with E-state index in [0.29, 0.717) is 35.8 Å². The number of ether oxygens (including phenoxy) is 1. The van der Waals surface area contributed by atoms with Crippen LogP contribution in [0, 0.1) is 5.92 Å². The fourth-order valence-corrected chi connectivity index (χ4v) is 3.87. The molecule has 1 atom stereocenters. The van der Waals surface area contributed by atoms with Crippen LogP contribution in [0.3, 0.4) is 0 Å². The Morgan fingerprint density at radius 2 is 2.03 bits per heavy atom. The van der Waals surface area contributed by atoms with Crippen LogP contribution in [0.4, 0.5) is 5.69 Å². The number of hydrogen-bond acceptors (Lipinski definition) is 4. The van der Waals surface area contributed by atoms with E-state index in [4.69, 9.17) is 4.74 Å². The van der Waals surface area contributed by atoms with Gasteiger partial charge in [-0.2, -0.15) is 0 Å². The molecule has 0 saturated carbocycles. The van der Waals surface area contributed by atoms with Gasteiger partial charge in [-0.25, -0.2) is 4.79 Å². The molecule has 5 nitrogen and oxygen atoms in total. The van der Waals surface area contributed by atoms with Gasteiger partial charge < -0.3 is 9.64 Å². The van der Waals surface area contributed by atoms with E-state index >= 15 is 0 Å². The average Bonchev–Trinajstić information content (AvgIpc) is 3.08. The van der Waals surface area contributed by atoms with Crippen molar-refractivity contribution in [3.63, 3.8) is 0 Å². The van der Waals surface area contributed by atoms with E-state index in [1.165, 1.54) is 0 Å². The first-order valence-electron chi connectivity index (χ1n) is 10.4. The quantitative estimate of drug-likeness (QED) is 0.224. The molecular weight excluding hydrogens is 388 g/mol. The summed E-state index contributed by atoms with van der Waals surface area (Å²) in [7, 11) is 0. The second kappa shape index (κ2) is 9.56. The number of hydrogen-bond donors (Lipinski definition) is 0. The Labute approximate surface area is 183 Å². The molecular formula is C26H28N2O3. The Morgan fingerprint density at radius 1 is 1.32 bits per heavy atom. The molecule has 0 aromatic heterocycles. The van der Waals surface area contributed by atoms with E-state index in [0.717, 1.165) is 29.5 Å². The number of benzene rings is 2. The van der Waals surface area contributed by atoms with E-state index in [1.54, 1.807) is 29.2 Å². The van der Waals surface area contributed by atoms with Crippen molar-refractivity contribution in [2.45, 2.75) is 33.2 Å². The first-order chi connectivity index (χ1) is 14.9. The molecule has 0 N–H and O–H groups in total. The first kappa shape index (κ1) is 22.2. The number of carbonyl (C=O) groups is 2. The summed E-state index contributed by atoms with van der Waals surface area (Å²) in [6.45, 7) is 16.5. The molecule has 1 unspecified atom stereocenters. The predicted molar refractivity (Wildman–Crippen MR) is 125 cm³/mol. The van der Waals surface area contributed by atoms with Crippen molar-refractivity contribution < 1.29 is 14.3 Å². The van der Waals surface area contributed by atoms with E-state index < -0.39 is 5.97 Å². The van der Waals surface area contributed by atoms with Crippen LogP contribution in [0.5, 0.6) is 5.75 Å². The number of carbonyl (C=O) groups excluding carboxylic acids is 2. The Bertz CT molecular complexity index is 1040. The number of fused-ring (bicyclic) bond motifs is 1. The average molecular weight is 417 g/mol. The molecule has 0 bridgehead atoms. The van der Waals surface area contributed by atoms with Crippen molar-refractivity contribution in [1.29, 1.82) is 0 Å². The van der Waals surface area contributed by atoms with Crippen LogP contribution < -0.4 is 4.74 Å². The van der Waals surface area contributed by atoms with Gasteiger partial charge in [-0.05, 0) is 55.3 Å². The minimum absolute atomic E-state index is 0.156. The minimum Gasteiger partial charge on any atom is -0.420 e. The lowest BCUT2D eigenvalue weighted by molar-refractivity contribution is 0.0719. The molecule has 160 valence electrons. The SMILES string of the molecule is C=CCC(CC)CN1Cc2cc(C(=C)C)c(N=C)c(OC(=O)c3ccccc3)c2C1=O. The fraction of sp³-hybridized carbons (Fsp3) is 0.269. The maximum Gasteiger partial charge on any atom is 0.343 e. The van der Waals surface area contributed by atoms with Crippen molar-refractivity contribution in [2.75, 3.05) is 6.54 Å². The standard InChI is InChI=1S/C26H28N2O3/c1-6-11-18(7-2)15-28-16-20-14-21(17(3)4)23(27-5)24(22(20)25(28)29)31-26(30)19-12-9-8-10-13-19/h6,8-10,12-14,18H,1,3,5,7,11,15-16H2,2,4H3. The summed E-state index contributed by atoms with van der Waals surface area (Å²) in [6, 6.07) is 10.6. The third-order valence-electron chi connectivity index (χ3n) is 5.58. The molecule has 1 aliphatic rings. The fourth-order valence-electron chi connectivity index (χ4n) is 3.87. The largest absolute Gasteiger partial charge is 0.420 e. The number of amides is 1. The van der Waals surface area contributed by atoms with Crippen molar-refractivity contribution in [3.05, 3.63) is 77.9 Å². The second-order valence-corrected chi connectivity index (χ2v) is 7.81. The van der Waals surface area contributed by atoms with Crippen molar-refractivity contribution in [3.8, 4) is 5.75 Å². The summed E-state index contributed by atoms with van der Waals surface area (Å²) in [5.41, 5.74) is 3.42. The lowest BCUT2D eigenvalue weighted by Crippen LogP contribution is -2.29. The molecule has 0 fully saturated rings. The van der Waals surface area contributed by atoms with E-state index in [9.17, 15) is 9.59 Å². The first-order valence-corrected chi connectivity index (χ1v) is 10.4. The molecule has 1 heterocycles. The normalized spacial score (nSPS) is 13.5. The monoisotopic (exact) mass is 416 g/mol. The third-order valence-corrected chi connectivity index (χ3v) is 5.58. The van der Waals surface area contributed by atoms with E-state index in [1.807, 2.05) is 25.1 Å². The van der Waals surface area contributed by atoms with Gasteiger partial charge in [0.05, 0.1) is 11.1 Å². The van der Waals surface area contributed by atoms with Gasteiger partial charge >= 0.3 is 5.97 Å². The molecule has 31 heavy (non-hydrogen) atoms. The zero-order valence-electron chi connectivity index (χ0n) is 18.2. The van der Waals surface area contributed by atoms with Gasteiger partial charge in [0.15, 0.2) is 5.75 Å². The van der Waals surface area contributed by atoms with Crippen LogP contribution in [0.25, 0.3) is 5.57 Å². The van der Waals surface area contributed by atoms with Crippen LogP contribution in [-0.4, -0.2) is 30.0 Å². The Hall–Kier alpha value is -3.47. The second-order valence-electron chi connectivity index (χ2n) is 7.81. The summed E-state index contributed by atoms with van der Waals surface area (Å²) < 4.78 is 5.78. The smallest absolute Gasteiger partial charge is 0.343 e. The van der Waals surface area contributed by atoms with Gasteiger partial charge in [-0.15, -0.1) is 6.58 Å². The van der Waals surface area contributed by atoms with Crippen molar-refractivity contribution in [1.82, 2.24) is 4.90 Å². The van der Waals surface area contributed by atoms with Crippen molar-refractivity contribution in [2.24, 2.45) is 10.9 Å². The number of nitrogens with zero attached hydrogens (tertiary/aromatic N) is 2. The molecule has 0 aliphatic carbocycles. The number of esters is 1. The lowest BCUT2D eigenvalue weighted by atomic mass is 9.98. The van der Waals surface area contributed by atoms with Gasteiger partial charge in [0, 0.05) is 18.7 Å². The maximum absolute atomic E-state index is 13.4. The Morgan fingerprint density at radius 3 is 2.61 bits per heavy atom. The van der Waals surface area contributed by atoms with Crippen LogP contribution in [0.1, 0.15) is 58.5 Å². The van der Waals surface area contributed by atoms with Crippen LogP contribution >= 0.6 is 0 Å². The van der Waals surface area contributed by atoms with E-state index in [2.05, 4.69) is 31.8 Å². The molecule has 2 aromatic carbocycles. The van der Waals surface area contributed by atoms with E-state index in [-0.39, 0.29) is 11.7 Å². The number of rotatable bonds is 9. The summed E-state index contributed by atoms with van der Waals surface area (Å²) in [5, 5.41) is 0. The highest BCUT2D eigenvalue weighted by Gasteiger charge is 2.35. The van der Waals surface area contributed by atoms with Gasteiger partial charge in [0.2, 0.25) is 0 Å². The summed E-state index contributed by atoms with van der Waals surface area (Å²) in [6.07, 6.45) is 3.66. The van der Waals surface area contributed by atoms with Gasteiger partial charge in [0.25, 0.3) is 5.91 Å². The highest BCUT2D eigenvalue weighted by Crippen LogP contribution is 2.44. The van der Waals surface area contributed by atoms with Crippen molar-refractivity contribution >= 4 is 29.9 Å². The van der Waals surface area contributed by atoms with Crippen LogP contribution in [0.2, 0.25) is 0 Å². The van der Waals surface area contributed by atoms with Crippen LogP contribution in [-0.2, 0) is 6.54 Å². The number of allylic oxidation sites excluding steroid dienone is 2. The lowest BCUT2D eigenvalue weighted by Gasteiger charge is -2.21. The summed E-state index contributed by atoms with van der Waals surface area (Å²) >= 11 is 0. The van der Waals surface area contributed by atoms with Gasteiger partial charge in [0.1, 0.15) is 5.69 Å². The molecule has 1 aliphatic heterocycles. The topological polar surface area (TPSA) is 59.0 Å². The summed E-state index contributed by atoms with van der Waals surface area (Å²) in [4.78, 5) is 32.1. The number of aliphatic imine (C=N–C) groups is 1.